The monoisotopic (exact) mass is 499 g/mol. The molecule has 0 spiro atoms. The Morgan fingerprint density at radius 2 is 1.96 bits per heavy atom. The quantitative estimate of drug-likeness (QED) is 0.367. The summed E-state index contributed by atoms with van der Waals surface area (Å²) in [6.07, 6.45) is 1.61. The maximum absolute atomic E-state index is 4.40. The van der Waals surface area contributed by atoms with Crippen LogP contribution in [0.15, 0.2) is 58.2 Å². The van der Waals surface area contributed by atoms with Crippen molar-refractivity contribution in [3.63, 3.8) is 0 Å². The molecule has 3 aromatic rings. The molecule has 3 nitrogen and oxygen atoms in total. The Labute approximate surface area is 162 Å². The summed E-state index contributed by atoms with van der Waals surface area (Å²) in [5.41, 5.74) is 0.947. The van der Waals surface area contributed by atoms with Crippen LogP contribution in [-0.2, 0) is 0 Å². The summed E-state index contributed by atoms with van der Waals surface area (Å²) in [4.78, 5) is 10.0. The Morgan fingerprint density at radius 3 is 2.74 bits per heavy atom. The van der Waals surface area contributed by atoms with E-state index in [0.29, 0.717) is 6.04 Å². The van der Waals surface area contributed by atoms with E-state index in [2.05, 4.69) is 91.1 Å². The van der Waals surface area contributed by atoms with Crippen LogP contribution in [0.4, 0.5) is 5.82 Å². The molecule has 2 aromatic carbocycles. The second-order valence-corrected chi connectivity index (χ2v) is 8.45. The maximum atomic E-state index is 4.40. The SMILES string of the molecule is CC(CSc1ccc(I)cc1)Nc1ncnc2ccc(Br)cc12. The third kappa shape index (κ3) is 4.58. The van der Waals surface area contributed by atoms with Crippen LogP contribution in [0.3, 0.4) is 0 Å². The van der Waals surface area contributed by atoms with E-state index in [4.69, 9.17) is 0 Å². The molecule has 1 atom stereocenters. The summed E-state index contributed by atoms with van der Waals surface area (Å²) < 4.78 is 2.29. The molecular formula is C17H15BrIN3S. The van der Waals surface area contributed by atoms with Gasteiger partial charge in [-0.05, 0) is 72.0 Å². The molecule has 0 aliphatic heterocycles. The van der Waals surface area contributed by atoms with Gasteiger partial charge in [0.2, 0.25) is 0 Å². The van der Waals surface area contributed by atoms with Crippen molar-refractivity contribution in [3.8, 4) is 0 Å². The molecule has 118 valence electrons. The summed E-state index contributed by atoms with van der Waals surface area (Å²) in [6.45, 7) is 2.17. The Balaban J connectivity index is 1.69. The van der Waals surface area contributed by atoms with Gasteiger partial charge in [-0.15, -0.1) is 11.8 Å². The number of fused-ring (bicyclic) bond motifs is 1. The number of halogens is 2. The molecule has 1 heterocycles. The van der Waals surface area contributed by atoms with Gasteiger partial charge in [0.15, 0.2) is 0 Å². The van der Waals surface area contributed by atoms with Crippen LogP contribution in [0.2, 0.25) is 0 Å². The normalized spacial score (nSPS) is 12.3. The van der Waals surface area contributed by atoms with E-state index >= 15 is 0 Å². The third-order valence-corrected chi connectivity index (χ3v) is 5.78. The third-order valence-electron chi connectivity index (χ3n) is 3.29. The van der Waals surface area contributed by atoms with E-state index in [0.717, 1.165) is 26.9 Å². The van der Waals surface area contributed by atoms with Crippen LogP contribution in [0.1, 0.15) is 6.92 Å². The Bertz CT molecular complexity index is 811. The van der Waals surface area contributed by atoms with E-state index in [1.54, 1.807) is 6.33 Å². The highest BCUT2D eigenvalue weighted by molar-refractivity contribution is 14.1. The van der Waals surface area contributed by atoms with Crippen LogP contribution < -0.4 is 5.32 Å². The Kier molecular flexibility index (Phi) is 5.76. The van der Waals surface area contributed by atoms with Crippen molar-refractivity contribution in [1.29, 1.82) is 0 Å². The first kappa shape index (κ1) is 17.0. The smallest absolute Gasteiger partial charge is 0.137 e. The average molecular weight is 500 g/mol. The number of hydrogen-bond donors (Lipinski definition) is 1. The van der Waals surface area contributed by atoms with Gasteiger partial charge in [-0.2, -0.15) is 0 Å². The lowest BCUT2D eigenvalue weighted by atomic mass is 10.2. The van der Waals surface area contributed by atoms with Crippen molar-refractivity contribution >= 4 is 67.0 Å². The minimum atomic E-state index is 0.302. The first-order valence-corrected chi connectivity index (χ1v) is 10.0. The minimum Gasteiger partial charge on any atom is -0.366 e. The lowest BCUT2D eigenvalue weighted by Gasteiger charge is -2.15. The minimum absolute atomic E-state index is 0.302. The zero-order valence-corrected chi connectivity index (χ0v) is 17.0. The van der Waals surface area contributed by atoms with Gasteiger partial charge in [-0.1, -0.05) is 15.9 Å². The highest BCUT2D eigenvalue weighted by Gasteiger charge is 2.08. The number of rotatable bonds is 5. The zero-order valence-electron chi connectivity index (χ0n) is 12.5. The summed E-state index contributed by atoms with van der Waals surface area (Å²) in [5.74, 6) is 1.85. The fourth-order valence-electron chi connectivity index (χ4n) is 2.17. The Morgan fingerprint density at radius 1 is 1.17 bits per heavy atom. The second-order valence-electron chi connectivity index (χ2n) is 5.19. The van der Waals surface area contributed by atoms with E-state index in [1.807, 2.05) is 23.9 Å². The molecule has 0 amide bonds. The highest BCUT2D eigenvalue weighted by Crippen LogP contribution is 2.25. The van der Waals surface area contributed by atoms with Crippen LogP contribution >= 0.6 is 50.3 Å². The molecule has 1 N–H and O–H groups in total. The standard InChI is InChI=1S/C17H15BrIN3S/c1-11(9-23-14-5-3-13(19)4-6-14)22-17-15-8-12(18)2-7-16(15)20-10-21-17/h2-8,10-11H,9H2,1H3,(H,20,21,22). The molecule has 0 fully saturated rings. The average Bonchev–Trinajstić information content (AvgIpc) is 2.55. The van der Waals surface area contributed by atoms with Crippen molar-refractivity contribution in [2.75, 3.05) is 11.1 Å². The number of benzene rings is 2. The molecule has 23 heavy (non-hydrogen) atoms. The molecular weight excluding hydrogens is 485 g/mol. The lowest BCUT2D eigenvalue weighted by Crippen LogP contribution is -2.19. The molecule has 0 bridgehead atoms. The fraction of sp³-hybridized carbons (Fsp3) is 0.176. The summed E-state index contributed by atoms with van der Waals surface area (Å²) in [7, 11) is 0. The molecule has 0 saturated heterocycles. The fourth-order valence-corrected chi connectivity index (χ4v) is 3.75. The second kappa shape index (κ2) is 7.81. The van der Waals surface area contributed by atoms with Crippen LogP contribution in [0.5, 0.6) is 0 Å². The molecule has 0 radical (unpaired) electrons. The topological polar surface area (TPSA) is 37.8 Å². The molecule has 1 aromatic heterocycles. The largest absolute Gasteiger partial charge is 0.366 e. The van der Waals surface area contributed by atoms with Crippen molar-refractivity contribution in [2.45, 2.75) is 17.9 Å². The van der Waals surface area contributed by atoms with Gasteiger partial charge < -0.3 is 5.32 Å². The predicted octanol–water partition coefficient (Wildman–Crippen LogP) is 5.59. The molecule has 0 aliphatic rings. The number of nitrogens with zero attached hydrogens (tertiary/aromatic N) is 2. The van der Waals surface area contributed by atoms with Crippen molar-refractivity contribution in [1.82, 2.24) is 9.97 Å². The lowest BCUT2D eigenvalue weighted by molar-refractivity contribution is 0.903. The zero-order chi connectivity index (χ0) is 16.2. The molecule has 3 rings (SSSR count). The van der Waals surface area contributed by atoms with Gasteiger partial charge in [0.05, 0.1) is 5.52 Å². The van der Waals surface area contributed by atoms with Crippen molar-refractivity contribution in [3.05, 3.63) is 56.8 Å². The number of hydrogen-bond acceptors (Lipinski definition) is 4. The Hall–Kier alpha value is -0.860. The number of thioether (sulfide) groups is 1. The summed E-state index contributed by atoms with van der Waals surface area (Å²) in [5, 5.41) is 4.53. The maximum Gasteiger partial charge on any atom is 0.137 e. The summed E-state index contributed by atoms with van der Waals surface area (Å²) >= 11 is 7.68. The molecule has 0 saturated carbocycles. The molecule has 1 unspecified atom stereocenters. The number of nitrogens with one attached hydrogen (secondary N) is 1. The first-order chi connectivity index (χ1) is 11.1. The van der Waals surface area contributed by atoms with Gasteiger partial charge in [0, 0.05) is 30.1 Å². The van der Waals surface area contributed by atoms with Crippen LogP contribution in [-0.4, -0.2) is 21.8 Å². The van der Waals surface area contributed by atoms with Gasteiger partial charge in [0.25, 0.3) is 0 Å². The molecule has 6 heteroatoms. The van der Waals surface area contributed by atoms with Gasteiger partial charge in [0.1, 0.15) is 12.1 Å². The van der Waals surface area contributed by atoms with Gasteiger partial charge in [-0.25, -0.2) is 9.97 Å². The molecule has 0 aliphatic carbocycles. The van der Waals surface area contributed by atoms with E-state index < -0.39 is 0 Å². The van der Waals surface area contributed by atoms with E-state index in [1.165, 1.54) is 8.47 Å². The van der Waals surface area contributed by atoms with Crippen molar-refractivity contribution < 1.29 is 0 Å². The predicted molar refractivity (Wildman–Crippen MR) is 110 cm³/mol. The van der Waals surface area contributed by atoms with E-state index in [9.17, 15) is 0 Å². The first-order valence-electron chi connectivity index (χ1n) is 7.17. The van der Waals surface area contributed by atoms with Gasteiger partial charge in [-0.3, -0.25) is 0 Å². The summed E-state index contributed by atoms with van der Waals surface area (Å²) in [6, 6.07) is 14.9. The number of aromatic nitrogens is 2. The van der Waals surface area contributed by atoms with E-state index in [-0.39, 0.29) is 0 Å². The van der Waals surface area contributed by atoms with Crippen LogP contribution in [0.25, 0.3) is 10.9 Å². The van der Waals surface area contributed by atoms with Crippen molar-refractivity contribution in [2.24, 2.45) is 0 Å². The highest BCUT2D eigenvalue weighted by atomic mass is 127. The van der Waals surface area contributed by atoms with Gasteiger partial charge >= 0.3 is 0 Å². The number of anilines is 1. The van der Waals surface area contributed by atoms with Crippen LogP contribution in [0, 0.1) is 3.57 Å².